The van der Waals surface area contributed by atoms with E-state index >= 15 is 0 Å². The molecule has 6 nitrogen and oxygen atoms in total. The van der Waals surface area contributed by atoms with Gasteiger partial charge in [-0.15, -0.1) is 0 Å². The lowest BCUT2D eigenvalue weighted by molar-refractivity contribution is -0.119. The van der Waals surface area contributed by atoms with Crippen molar-refractivity contribution in [3.05, 3.63) is 36.4 Å². The first-order valence-electron chi connectivity index (χ1n) is 5.07. The minimum absolute atomic E-state index is 0.0571. The molecule has 0 saturated heterocycles. The summed E-state index contributed by atoms with van der Waals surface area (Å²) in [5, 5.41) is 0. The average molecular weight is 393 g/mol. The lowest BCUT2D eigenvalue weighted by atomic mass is 10.3. The van der Waals surface area contributed by atoms with Crippen molar-refractivity contribution < 1.29 is 22.2 Å². The number of carbonyl (C=O) groups excluding carboxylic acids is 2. The molecule has 0 bridgehead atoms. The van der Waals surface area contributed by atoms with Gasteiger partial charge in [-0.3, -0.25) is 9.59 Å². The molecule has 8 heteroatoms. The molecule has 2 amide bonds. The fourth-order valence-corrected chi connectivity index (χ4v) is 2.32. The van der Waals surface area contributed by atoms with Gasteiger partial charge in [-0.1, -0.05) is 28.7 Å². The van der Waals surface area contributed by atoms with Crippen LogP contribution in [0, 0.1) is 0 Å². The van der Waals surface area contributed by atoms with E-state index in [1.54, 1.807) is 22.6 Å². The Morgan fingerprint density at radius 2 is 1.79 bits per heavy atom. The number of nitrogens with zero attached hydrogens (tertiary/aromatic N) is 1. The van der Waals surface area contributed by atoms with E-state index in [2.05, 4.69) is 0 Å². The van der Waals surface area contributed by atoms with E-state index in [9.17, 15) is 18.0 Å². The van der Waals surface area contributed by atoms with E-state index in [4.69, 9.17) is 4.18 Å². The molecular weight excluding hydrogens is 385 g/mol. The number of hydrogen-bond donors (Lipinski definition) is 0. The third kappa shape index (κ3) is 3.13. The number of halogens is 1. The molecule has 19 heavy (non-hydrogen) atoms. The van der Waals surface area contributed by atoms with E-state index in [0.717, 1.165) is 17.1 Å². The van der Waals surface area contributed by atoms with Crippen LogP contribution in [0.5, 0.6) is 5.75 Å². The van der Waals surface area contributed by atoms with Crippen molar-refractivity contribution in [3.63, 3.8) is 0 Å². The molecule has 1 aromatic rings. The Bertz CT molecular complexity index is 649. The van der Waals surface area contributed by atoms with Gasteiger partial charge < -0.3 is 4.18 Å². The molecule has 0 atom stereocenters. The zero-order valence-electron chi connectivity index (χ0n) is 9.45. The monoisotopic (exact) mass is 393 g/mol. The minimum atomic E-state index is -3.66. The highest BCUT2D eigenvalue weighted by Crippen LogP contribution is 2.25. The predicted octanol–water partition coefficient (Wildman–Crippen LogP) is 1.22. The van der Waals surface area contributed by atoms with E-state index in [1.165, 1.54) is 24.3 Å². The van der Waals surface area contributed by atoms with Gasteiger partial charge >= 0.3 is 10.1 Å². The van der Waals surface area contributed by atoms with Crippen molar-refractivity contribution in [2.24, 2.45) is 0 Å². The summed E-state index contributed by atoms with van der Waals surface area (Å²) >= 11 is 1.67. The lowest BCUT2D eigenvalue weighted by Gasteiger charge is -2.14. The number of anilines is 1. The maximum atomic E-state index is 11.5. The Kier molecular flexibility index (Phi) is 3.90. The Labute approximate surface area is 123 Å². The minimum Gasteiger partial charge on any atom is -0.382 e. The summed E-state index contributed by atoms with van der Waals surface area (Å²) < 4.78 is 27.3. The van der Waals surface area contributed by atoms with Gasteiger partial charge in [-0.05, 0) is 12.1 Å². The third-order valence-corrected chi connectivity index (χ3v) is 5.24. The zero-order valence-corrected chi connectivity index (χ0v) is 12.4. The van der Waals surface area contributed by atoms with Crippen LogP contribution in [0.25, 0.3) is 0 Å². The molecule has 0 unspecified atom stereocenters. The number of benzene rings is 1. The van der Waals surface area contributed by atoms with Crippen LogP contribution in [0.2, 0.25) is 0 Å². The van der Waals surface area contributed by atoms with Gasteiger partial charge in [0.05, 0.1) is 5.69 Å². The molecule has 0 aliphatic carbocycles. The topological polar surface area (TPSA) is 80.8 Å². The lowest BCUT2D eigenvalue weighted by Crippen LogP contribution is -2.29. The molecule has 100 valence electrons. The summed E-state index contributed by atoms with van der Waals surface area (Å²) in [5.41, 5.74) is 0.265. The molecule has 2 rings (SSSR count). The first kappa shape index (κ1) is 14.0. The number of alkyl halides is 1. The molecule has 0 saturated carbocycles. The van der Waals surface area contributed by atoms with Gasteiger partial charge in [0.2, 0.25) is 0 Å². The Balaban J connectivity index is 2.30. The SMILES string of the molecule is O=C1C=CC(=O)N1c1cccc(OS(=O)(=O)CI)c1. The van der Waals surface area contributed by atoms with Crippen molar-refractivity contribution in [2.75, 3.05) is 8.66 Å². The molecule has 1 heterocycles. The smallest absolute Gasteiger partial charge is 0.318 e. The second-order valence-corrected chi connectivity index (χ2v) is 6.96. The zero-order chi connectivity index (χ0) is 14.0. The third-order valence-electron chi connectivity index (χ3n) is 2.24. The van der Waals surface area contributed by atoms with Crippen molar-refractivity contribution in [3.8, 4) is 5.75 Å². The highest BCUT2D eigenvalue weighted by molar-refractivity contribution is 14.1. The second-order valence-electron chi connectivity index (χ2n) is 3.59. The first-order valence-corrected chi connectivity index (χ1v) is 8.17. The largest absolute Gasteiger partial charge is 0.382 e. The maximum absolute atomic E-state index is 11.5. The number of rotatable bonds is 4. The van der Waals surface area contributed by atoms with Crippen molar-refractivity contribution in [1.29, 1.82) is 0 Å². The Morgan fingerprint density at radius 1 is 1.16 bits per heavy atom. The van der Waals surface area contributed by atoms with Gasteiger partial charge in [0.25, 0.3) is 11.8 Å². The summed E-state index contributed by atoms with van der Waals surface area (Å²) in [6, 6.07) is 5.79. The summed E-state index contributed by atoms with van der Waals surface area (Å²) in [4.78, 5) is 23.9. The van der Waals surface area contributed by atoms with Crippen LogP contribution < -0.4 is 9.08 Å². The van der Waals surface area contributed by atoms with Gasteiger partial charge in [-0.2, -0.15) is 8.42 Å². The Hall–Kier alpha value is -1.42. The fourth-order valence-electron chi connectivity index (χ4n) is 1.50. The van der Waals surface area contributed by atoms with E-state index in [0.29, 0.717) is 0 Å². The van der Waals surface area contributed by atoms with E-state index in [-0.39, 0.29) is 15.2 Å². The van der Waals surface area contributed by atoms with Gasteiger partial charge in [0, 0.05) is 18.2 Å². The standard InChI is InChI=1S/C11H8INO5S/c12-7-19(16,17)18-9-3-1-2-8(6-9)13-10(14)4-5-11(13)15/h1-6H,7H2. The average Bonchev–Trinajstić information content (AvgIpc) is 2.69. The van der Waals surface area contributed by atoms with Crippen LogP contribution in [0.3, 0.4) is 0 Å². The molecule has 1 aromatic carbocycles. The van der Waals surface area contributed by atoms with Crippen molar-refractivity contribution >= 4 is 50.2 Å². The van der Waals surface area contributed by atoms with Gasteiger partial charge in [0.1, 0.15) is 9.51 Å². The van der Waals surface area contributed by atoms with Crippen molar-refractivity contribution in [1.82, 2.24) is 0 Å². The normalized spacial score (nSPS) is 15.1. The van der Waals surface area contributed by atoms with Crippen molar-refractivity contribution in [2.45, 2.75) is 0 Å². The quantitative estimate of drug-likeness (QED) is 0.333. The second kappa shape index (κ2) is 5.29. The van der Waals surface area contributed by atoms with Gasteiger partial charge in [0.15, 0.2) is 0 Å². The molecular formula is C11H8INO5S. The molecule has 0 spiro atoms. The molecule has 0 fully saturated rings. The summed E-state index contributed by atoms with van der Waals surface area (Å²) in [5.74, 6) is -0.889. The maximum Gasteiger partial charge on any atom is 0.318 e. The molecule has 1 aliphatic heterocycles. The number of amides is 2. The fraction of sp³-hybridized carbons (Fsp3) is 0.0909. The van der Waals surface area contributed by atoms with Crippen LogP contribution in [0.1, 0.15) is 0 Å². The predicted molar refractivity (Wildman–Crippen MR) is 76.5 cm³/mol. The molecule has 0 aromatic heterocycles. The molecule has 1 aliphatic rings. The first-order chi connectivity index (χ1) is 8.93. The Morgan fingerprint density at radius 3 is 2.37 bits per heavy atom. The van der Waals surface area contributed by atoms with Crippen LogP contribution in [0.15, 0.2) is 36.4 Å². The van der Waals surface area contributed by atoms with Crippen LogP contribution in [-0.2, 0) is 19.7 Å². The van der Waals surface area contributed by atoms with Crippen LogP contribution >= 0.6 is 22.6 Å². The summed E-state index contributed by atoms with van der Waals surface area (Å²) in [6.45, 7) is 0. The number of imide groups is 1. The molecule has 0 radical (unpaired) electrons. The number of carbonyl (C=O) groups is 2. The van der Waals surface area contributed by atoms with E-state index in [1.807, 2.05) is 0 Å². The summed E-state index contributed by atoms with van der Waals surface area (Å²) in [6.07, 6.45) is 2.30. The summed E-state index contributed by atoms with van der Waals surface area (Å²) in [7, 11) is -3.66. The number of hydrogen-bond acceptors (Lipinski definition) is 5. The van der Waals surface area contributed by atoms with Gasteiger partial charge in [-0.25, -0.2) is 4.90 Å². The van der Waals surface area contributed by atoms with E-state index < -0.39 is 21.9 Å². The van der Waals surface area contributed by atoms with Crippen LogP contribution in [-0.4, -0.2) is 24.0 Å². The highest BCUT2D eigenvalue weighted by Gasteiger charge is 2.25. The molecule has 0 N–H and O–H groups in total. The highest BCUT2D eigenvalue weighted by atomic mass is 127. The van der Waals surface area contributed by atoms with Crippen LogP contribution in [0.4, 0.5) is 5.69 Å².